The van der Waals surface area contributed by atoms with Crippen molar-refractivity contribution in [3.63, 3.8) is 0 Å². The summed E-state index contributed by atoms with van der Waals surface area (Å²) < 4.78 is 5.57. The predicted molar refractivity (Wildman–Crippen MR) is 90.0 cm³/mol. The lowest BCUT2D eigenvalue weighted by Crippen LogP contribution is -2.26. The third-order valence-electron chi connectivity index (χ3n) is 3.74. The highest BCUT2D eigenvalue weighted by atomic mass is 16.5. The van der Waals surface area contributed by atoms with Crippen LogP contribution in [-0.4, -0.2) is 29.3 Å². The summed E-state index contributed by atoms with van der Waals surface area (Å²) in [5.41, 5.74) is 4.45. The number of benzene rings is 2. The van der Waals surface area contributed by atoms with Crippen molar-refractivity contribution >= 4 is 17.0 Å². The van der Waals surface area contributed by atoms with Gasteiger partial charge in [0.1, 0.15) is 12.4 Å². The number of carboxylic acid groups (broad SMARTS) is 1. The molecule has 5 heteroatoms. The van der Waals surface area contributed by atoms with E-state index in [2.05, 4.69) is 29.4 Å². The first-order valence-electron chi connectivity index (χ1n) is 7.42. The van der Waals surface area contributed by atoms with E-state index in [1.807, 2.05) is 36.4 Å². The van der Waals surface area contributed by atoms with E-state index in [9.17, 15) is 4.79 Å². The molecule has 0 saturated heterocycles. The third-order valence-corrected chi connectivity index (χ3v) is 3.74. The number of amides is 1. The van der Waals surface area contributed by atoms with E-state index < -0.39 is 6.09 Å². The van der Waals surface area contributed by atoms with E-state index in [4.69, 9.17) is 9.84 Å². The average Bonchev–Trinajstić information content (AvgIpc) is 2.89. The maximum Gasteiger partial charge on any atom is 0.404 e. The smallest absolute Gasteiger partial charge is 0.404 e. The summed E-state index contributed by atoms with van der Waals surface area (Å²) in [6.07, 6.45) is -1.04. The minimum atomic E-state index is -1.04. The monoisotopic (exact) mass is 310 g/mol. The predicted octanol–water partition coefficient (Wildman–Crippen LogP) is 3.79. The molecule has 1 heterocycles. The summed E-state index contributed by atoms with van der Waals surface area (Å²) in [6, 6.07) is 16.0. The number of carbonyl (C=O) groups is 1. The Morgan fingerprint density at radius 1 is 1.22 bits per heavy atom. The fourth-order valence-corrected chi connectivity index (χ4v) is 2.63. The Balaban J connectivity index is 1.82. The molecule has 0 unspecified atom stereocenters. The zero-order valence-corrected chi connectivity index (χ0v) is 12.8. The Hall–Kier alpha value is -2.95. The van der Waals surface area contributed by atoms with E-state index in [0.717, 1.165) is 22.2 Å². The van der Waals surface area contributed by atoms with Gasteiger partial charge in [-0.15, -0.1) is 0 Å². The molecular weight excluding hydrogens is 292 g/mol. The zero-order chi connectivity index (χ0) is 16.2. The first kappa shape index (κ1) is 15.0. The Kier molecular flexibility index (Phi) is 4.19. The minimum Gasteiger partial charge on any atom is -0.492 e. The summed E-state index contributed by atoms with van der Waals surface area (Å²) in [6.45, 7) is 2.65. The van der Waals surface area contributed by atoms with Gasteiger partial charge in [-0.25, -0.2) is 4.79 Å². The summed E-state index contributed by atoms with van der Waals surface area (Å²) >= 11 is 0. The van der Waals surface area contributed by atoms with Gasteiger partial charge in [-0.1, -0.05) is 30.3 Å². The molecule has 0 radical (unpaired) electrons. The molecular formula is C18H18N2O3. The number of aromatic nitrogens is 1. The van der Waals surface area contributed by atoms with Crippen LogP contribution in [-0.2, 0) is 0 Å². The Morgan fingerprint density at radius 3 is 2.74 bits per heavy atom. The number of hydrogen-bond donors (Lipinski definition) is 3. The molecule has 1 aromatic heterocycles. The maximum atomic E-state index is 10.4. The summed E-state index contributed by atoms with van der Waals surface area (Å²) in [7, 11) is 0. The molecule has 0 spiro atoms. The molecule has 0 aliphatic heterocycles. The number of H-pyrrole nitrogens is 1. The number of aromatic amines is 1. The van der Waals surface area contributed by atoms with Crippen molar-refractivity contribution in [2.45, 2.75) is 6.92 Å². The lowest BCUT2D eigenvalue weighted by Gasteiger charge is -2.06. The van der Waals surface area contributed by atoms with Gasteiger partial charge < -0.3 is 20.1 Å². The Bertz CT molecular complexity index is 825. The van der Waals surface area contributed by atoms with Gasteiger partial charge in [-0.3, -0.25) is 0 Å². The van der Waals surface area contributed by atoms with Gasteiger partial charge in [0.2, 0.25) is 0 Å². The largest absolute Gasteiger partial charge is 0.492 e. The first-order chi connectivity index (χ1) is 11.1. The van der Waals surface area contributed by atoms with Gasteiger partial charge >= 0.3 is 6.09 Å². The third kappa shape index (κ3) is 3.29. The van der Waals surface area contributed by atoms with E-state index >= 15 is 0 Å². The molecule has 3 rings (SSSR count). The zero-order valence-electron chi connectivity index (χ0n) is 12.8. The molecule has 5 nitrogen and oxygen atoms in total. The second-order valence-electron chi connectivity index (χ2n) is 5.28. The van der Waals surface area contributed by atoms with Crippen LogP contribution in [0.15, 0.2) is 48.5 Å². The summed E-state index contributed by atoms with van der Waals surface area (Å²) in [5.74, 6) is 0.713. The SMILES string of the molecule is Cc1c(-c2ccccc2)[nH]c2cc(OCCNC(=O)O)ccc12. The van der Waals surface area contributed by atoms with Crippen LogP contribution in [0.25, 0.3) is 22.2 Å². The molecule has 0 aliphatic carbocycles. The number of hydrogen-bond acceptors (Lipinski definition) is 2. The number of ether oxygens (including phenoxy) is 1. The van der Waals surface area contributed by atoms with Crippen molar-refractivity contribution in [2.24, 2.45) is 0 Å². The van der Waals surface area contributed by atoms with E-state index in [0.29, 0.717) is 12.4 Å². The number of fused-ring (bicyclic) bond motifs is 1. The number of rotatable bonds is 5. The van der Waals surface area contributed by atoms with Crippen LogP contribution >= 0.6 is 0 Å². The van der Waals surface area contributed by atoms with Gasteiger partial charge in [0.15, 0.2) is 0 Å². The molecule has 0 bridgehead atoms. The van der Waals surface area contributed by atoms with Crippen molar-refractivity contribution in [3.8, 4) is 17.0 Å². The van der Waals surface area contributed by atoms with Gasteiger partial charge in [-0.2, -0.15) is 0 Å². The van der Waals surface area contributed by atoms with Crippen molar-refractivity contribution < 1.29 is 14.6 Å². The van der Waals surface area contributed by atoms with Crippen molar-refractivity contribution in [1.82, 2.24) is 10.3 Å². The standard InChI is InChI=1S/C18H18N2O3/c1-12-15-8-7-14(23-10-9-19-18(21)22)11-16(15)20-17(12)13-5-3-2-4-6-13/h2-8,11,19-20H,9-10H2,1H3,(H,21,22). The molecule has 0 fully saturated rings. The summed E-state index contributed by atoms with van der Waals surface area (Å²) in [5, 5.41) is 11.9. The fraction of sp³-hybridized carbons (Fsp3) is 0.167. The Morgan fingerprint density at radius 2 is 2.00 bits per heavy atom. The number of nitrogens with one attached hydrogen (secondary N) is 2. The highest BCUT2D eigenvalue weighted by Gasteiger charge is 2.10. The van der Waals surface area contributed by atoms with Crippen LogP contribution in [0, 0.1) is 6.92 Å². The summed E-state index contributed by atoms with van der Waals surface area (Å²) in [4.78, 5) is 13.8. The van der Waals surface area contributed by atoms with Crippen LogP contribution in [0.5, 0.6) is 5.75 Å². The second-order valence-corrected chi connectivity index (χ2v) is 5.28. The minimum absolute atomic E-state index is 0.256. The molecule has 118 valence electrons. The lowest BCUT2D eigenvalue weighted by atomic mass is 10.1. The normalized spacial score (nSPS) is 10.7. The van der Waals surface area contributed by atoms with E-state index in [1.165, 1.54) is 5.56 Å². The van der Waals surface area contributed by atoms with Crippen molar-refractivity contribution in [2.75, 3.05) is 13.2 Å². The van der Waals surface area contributed by atoms with Gasteiger partial charge in [-0.05, 0) is 30.2 Å². The topological polar surface area (TPSA) is 74.3 Å². The van der Waals surface area contributed by atoms with Crippen molar-refractivity contribution in [3.05, 3.63) is 54.1 Å². The van der Waals surface area contributed by atoms with E-state index in [1.54, 1.807) is 0 Å². The van der Waals surface area contributed by atoms with Crippen LogP contribution in [0.2, 0.25) is 0 Å². The van der Waals surface area contributed by atoms with Crippen molar-refractivity contribution in [1.29, 1.82) is 0 Å². The maximum absolute atomic E-state index is 10.4. The van der Waals surface area contributed by atoms with Gasteiger partial charge in [0, 0.05) is 22.7 Å². The van der Waals surface area contributed by atoms with Crippen LogP contribution in [0.4, 0.5) is 4.79 Å². The molecule has 2 aromatic carbocycles. The van der Waals surface area contributed by atoms with Crippen LogP contribution < -0.4 is 10.1 Å². The first-order valence-corrected chi connectivity index (χ1v) is 7.42. The molecule has 3 N–H and O–H groups in total. The molecule has 23 heavy (non-hydrogen) atoms. The van der Waals surface area contributed by atoms with Crippen LogP contribution in [0.3, 0.4) is 0 Å². The molecule has 3 aromatic rings. The highest BCUT2D eigenvalue weighted by molar-refractivity contribution is 5.91. The molecule has 0 saturated carbocycles. The second kappa shape index (κ2) is 6.44. The fourth-order valence-electron chi connectivity index (χ4n) is 2.63. The average molecular weight is 310 g/mol. The van der Waals surface area contributed by atoms with Gasteiger partial charge in [0.05, 0.1) is 6.54 Å². The van der Waals surface area contributed by atoms with Gasteiger partial charge in [0.25, 0.3) is 0 Å². The van der Waals surface area contributed by atoms with E-state index in [-0.39, 0.29) is 6.54 Å². The number of aryl methyl sites for hydroxylation is 1. The Labute approximate surface area is 133 Å². The highest BCUT2D eigenvalue weighted by Crippen LogP contribution is 2.31. The lowest BCUT2D eigenvalue weighted by molar-refractivity contribution is 0.191. The molecule has 0 atom stereocenters. The molecule has 1 amide bonds. The quantitative estimate of drug-likeness (QED) is 0.628. The molecule has 0 aliphatic rings. The van der Waals surface area contributed by atoms with Crippen LogP contribution in [0.1, 0.15) is 5.56 Å².